The average molecular weight is 244 g/mol. The Morgan fingerprint density at radius 2 is 2.19 bits per heavy atom. The van der Waals surface area contributed by atoms with Crippen LogP contribution in [0.15, 0.2) is 21.6 Å². The molecular weight excluding hydrogens is 228 g/mol. The number of nitrogens with two attached hydrogens (primary N) is 1. The molecule has 1 aliphatic carbocycles. The minimum atomic E-state index is -3.72. The molecule has 0 amide bonds. The van der Waals surface area contributed by atoms with Gasteiger partial charge >= 0.3 is 0 Å². The normalized spacial score (nSPS) is 19.4. The van der Waals surface area contributed by atoms with E-state index in [-0.39, 0.29) is 10.6 Å². The molecular formula is C10H16N2O3S. The molecule has 1 heterocycles. The largest absolute Gasteiger partial charge is 0.447 e. The van der Waals surface area contributed by atoms with Crippen LogP contribution in [0.5, 0.6) is 0 Å². The lowest BCUT2D eigenvalue weighted by Gasteiger charge is -2.39. The molecule has 0 saturated heterocycles. The molecule has 1 aromatic rings. The summed E-state index contributed by atoms with van der Waals surface area (Å²) in [5, 5.41) is 8.12. The molecule has 0 atom stereocenters. The van der Waals surface area contributed by atoms with Crippen molar-refractivity contribution in [1.82, 2.24) is 5.32 Å². The van der Waals surface area contributed by atoms with Gasteiger partial charge in [0, 0.05) is 5.54 Å². The van der Waals surface area contributed by atoms with E-state index in [9.17, 15) is 8.42 Å². The average Bonchev–Trinajstić information content (AvgIpc) is 2.59. The fraction of sp³-hybridized carbons (Fsp3) is 0.600. The van der Waals surface area contributed by atoms with Crippen molar-refractivity contribution in [1.29, 1.82) is 0 Å². The van der Waals surface area contributed by atoms with Crippen molar-refractivity contribution in [2.45, 2.75) is 43.4 Å². The van der Waals surface area contributed by atoms with Crippen LogP contribution in [0.25, 0.3) is 0 Å². The van der Waals surface area contributed by atoms with Gasteiger partial charge in [0.25, 0.3) is 10.0 Å². The van der Waals surface area contributed by atoms with Gasteiger partial charge in [0.2, 0.25) is 5.09 Å². The molecule has 16 heavy (non-hydrogen) atoms. The van der Waals surface area contributed by atoms with Crippen LogP contribution in [0.4, 0.5) is 0 Å². The van der Waals surface area contributed by atoms with E-state index in [1.807, 2.05) is 0 Å². The van der Waals surface area contributed by atoms with E-state index in [0.717, 1.165) is 12.8 Å². The van der Waals surface area contributed by atoms with Crippen LogP contribution in [0.2, 0.25) is 0 Å². The van der Waals surface area contributed by atoms with Gasteiger partial charge < -0.3 is 9.73 Å². The smallest absolute Gasteiger partial charge is 0.271 e. The Morgan fingerprint density at radius 1 is 1.50 bits per heavy atom. The SMILES string of the molecule is CC1(NCc2ccc(S(N)(=O)=O)o2)CCC1. The van der Waals surface area contributed by atoms with Crippen LogP contribution in [0, 0.1) is 0 Å². The van der Waals surface area contributed by atoms with Crippen LogP contribution in [-0.4, -0.2) is 14.0 Å². The highest BCUT2D eigenvalue weighted by molar-refractivity contribution is 7.89. The Morgan fingerprint density at radius 3 is 2.62 bits per heavy atom. The fourth-order valence-corrected chi connectivity index (χ4v) is 2.27. The molecule has 1 aromatic heterocycles. The lowest BCUT2D eigenvalue weighted by Crippen LogP contribution is -2.47. The minimum Gasteiger partial charge on any atom is -0.447 e. The van der Waals surface area contributed by atoms with Crippen molar-refractivity contribution in [2.24, 2.45) is 5.14 Å². The molecule has 0 aliphatic heterocycles. The Kier molecular flexibility index (Phi) is 2.81. The predicted octanol–water partition coefficient (Wildman–Crippen LogP) is 0.959. The number of rotatable bonds is 4. The zero-order valence-corrected chi connectivity index (χ0v) is 10.0. The lowest BCUT2D eigenvalue weighted by atomic mass is 9.78. The van der Waals surface area contributed by atoms with Crippen molar-refractivity contribution in [3.8, 4) is 0 Å². The van der Waals surface area contributed by atoms with E-state index in [4.69, 9.17) is 9.56 Å². The Balaban J connectivity index is 1.98. The molecule has 3 N–H and O–H groups in total. The first-order chi connectivity index (χ1) is 7.39. The number of sulfonamides is 1. The first-order valence-electron chi connectivity index (χ1n) is 5.26. The second kappa shape index (κ2) is 3.87. The summed E-state index contributed by atoms with van der Waals surface area (Å²) in [6.07, 6.45) is 3.54. The molecule has 1 saturated carbocycles. The third kappa shape index (κ3) is 2.45. The second-order valence-electron chi connectivity index (χ2n) is 4.53. The van der Waals surface area contributed by atoms with Crippen LogP contribution in [-0.2, 0) is 16.6 Å². The molecule has 5 nitrogen and oxygen atoms in total. The molecule has 6 heteroatoms. The summed E-state index contributed by atoms with van der Waals surface area (Å²) in [6.45, 7) is 2.69. The highest BCUT2D eigenvalue weighted by atomic mass is 32.2. The van der Waals surface area contributed by atoms with Crippen LogP contribution in [0.1, 0.15) is 31.9 Å². The molecule has 2 rings (SSSR count). The number of hydrogen-bond acceptors (Lipinski definition) is 4. The van der Waals surface area contributed by atoms with Gasteiger partial charge in [-0.15, -0.1) is 0 Å². The minimum absolute atomic E-state index is 0.175. The first-order valence-corrected chi connectivity index (χ1v) is 6.80. The monoisotopic (exact) mass is 244 g/mol. The Hall–Kier alpha value is -0.850. The summed E-state index contributed by atoms with van der Waals surface area (Å²) in [5.74, 6) is 0.595. The molecule has 0 radical (unpaired) electrons. The highest BCUT2D eigenvalue weighted by Gasteiger charge is 2.31. The van der Waals surface area contributed by atoms with Crippen molar-refractivity contribution in [3.63, 3.8) is 0 Å². The van der Waals surface area contributed by atoms with Gasteiger partial charge in [-0.2, -0.15) is 0 Å². The summed E-state index contributed by atoms with van der Waals surface area (Å²) in [5.41, 5.74) is 0.175. The molecule has 90 valence electrons. The van der Waals surface area contributed by atoms with Crippen molar-refractivity contribution in [3.05, 3.63) is 17.9 Å². The van der Waals surface area contributed by atoms with Gasteiger partial charge in [0.05, 0.1) is 6.54 Å². The van der Waals surface area contributed by atoms with E-state index >= 15 is 0 Å². The molecule has 0 unspecified atom stereocenters. The van der Waals surface area contributed by atoms with Gasteiger partial charge in [0.15, 0.2) is 0 Å². The predicted molar refractivity (Wildman–Crippen MR) is 59.2 cm³/mol. The summed E-state index contributed by atoms with van der Waals surface area (Å²) in [7, 11) is -3.72. The first kappa shape index (κ1) is 11.6. The number of primary sulfonamides is 1. The Labute approximate surface area is 95.1 Å². The van der Waals surface area contributed by atoms with Crippen LogP contribution in [0.3, 0.4) is 0 Å². The topological polar surface area (TPSA) is 85.3 Å². The maximum absolute atomic E-state index is 11.0. The quantitative estimate of drug-likeness (QED) is 0.826. The van der Waals surface area contributed by atoms with Crippen molar-refractivity contribution < 1.29 is 12.8 Å². The summed E-state index contributed by atoms with van der Waals surface area (Å²) in [4.78, 5) is 0. The summed E-state index contributed by atoms with van der Waals surface area (Å²) >= 11 is 0. The van der Waals surface area contributed by atoms with Crippen molar-refractivity contribution in [2.75, 3.05) is 0 Å². The third-order valence-electron chi connectivity index (χ3n) is 3.06. The zero-order chi connectivity index (χ0) is 11.8. The second-order valence-corrected chi connectivity index (χ2v) is 6.03. The molecule has 1 aliphatic rings. The highest BCUT2D eigenvalue weighted by Crippen LogP contribution is 2.31. The maximum Gasteiger partial charge on any atom is 0.271 e. The molecule has 1 fully saturated rings. The summed E-state index contributed by atoms with van der Waals surface area (Å²) in [6, 6.07) is 3.02. The van der Waals surface area contributed by atoms with E-state index in [0.29, 0.717) is 12.3 Å². The van der Waals surface area contributed by atoms with E-state index in [1.165, 1.54) is 12.5 Å². The van der Waals surface area contributed by atoms with E-state index < -0.39 is 10.0 Å². The summed E-state index contributed by atoms with van der Waals surface area (Å²) < 4.78 is 27.1. The van der Waals surface area contributed by atoms with Crippen LogP contribution >= 0.6 is 0 Å². The van der Waals surface area contributed by atoms with Crippen molar-refractivity contribution >= 4 is 10.0 Å². The van der Waals surface area contributed by atoms with Gasteiger partial charge in [-0.05, 0) is 38.3 Å². The number of nitrogens with one attached hydrogen (secondary N) is 1. The van der Waals surface area contributed by atoms with E-state index in [2.05, 4.69) is 12.2 Å². The van der Waals surface area contributed by atoms with Gasteiger partial charge in [0.1, 0.15) is 5.76 Å². The molecule has 0 bridgehead atoms. The van der Waals surface area contributed by atoms with Gasteiger partial charge in [-0.3, -0.25) is 0 Å². The van der Waals surface area contributed by atoms with Crippen LogP contribution < -0.4 is 10.5 Å². The standard InChI is InChI=1S/C10H16N2O3S/c1-10(5-2-6-10)12-7-8-3-4-9(15-8)16(11,13)14/h3-4,12H,2,5-7H2,1H3,(H2,11,13,14). The third-order valence-corrected chi connectivity index (χ3v) is 3.84. The zero-order valence-electron chi connectivity index (χ0n) is 9.19. The van der Waals surface area contributed by atoms with E-state index in [1.54, 1.807) is 6.07 Å². The number of hydrogen-bond donors (Lipinski definition) is 2. The Bertz CT molecular complexity index is 474. The van der Waals surface area contributed by atoms with Gasteiger partial charge in [-0.1, -0.05) is 0 Å². The lowest BCUT2D eigenvalue weighted by molar-refractivity contribution is 0.199. The number of furan rings is 1. The fourth-order valence-electron chi connectivity index (χ4n) is 1.79. The van der Waals surface area contributed by atoms with Gasteiger partial charge in [-0.25, -0.2) is 13.6 Å². The molecule has 0 aromatic carbocycles. The maximum atomic E-state index is 11.0. The molecule has 0 spiro atoms.